The number of carbonyl (C=O) groups excluding carboxylic acids is 2. The molecule has 0 unspecified atom stereocenters. The van der Waals surface area contributed by atoms with Crippen molar-refractivity contribution in [2.45, 2.75) is 19.5 Å². The molecule has 2 aromatic rings. The normalized spacial score (nSPS) is 11.0. The van der Waals surface area contributed by atoms with Crippen LogP contribution in [0, 0.1) is 0 Å². The standard InChI is InChI=1S/C19H19F3N2O3/c1-13(25)24(14-6-5-7-15(12-14)27-2)11-10-18(26)23-17-9-4-3-8-16(17)19(20,21)22/h3-9,12H,10-11H2,1-2H3,(H,23,26). The Morgan fingerprint density at radius 2 is 1.81 bits per heavy atom. The fraction of sp³-hybridized carbons (Fsp3) is 0.263. The lowest BCUT2D eigenvalue weighted by atomic mass is 10.1. The summed E-state index contributed by atoms with van der Waals surface area (Å²) >= 11 is 0. The molecule has 0 saturated heterocycles. The third kappa shape index (κ3) is 5.47. The molecule has 0 aliphatic heterocycles. The van der Waals surface area contributed by atoms with Gasteiger partial charge in [-0.1, -0.05) is 18.2 Å². The average molecular weight is 380 g/mol. The number of nitrogens with zero attached hydrogens (tertiary/aromatic N) is 1. The molecule has 144 valence electrons. The number of carbonyl (C=O) groups is 2. The molecule has 2 amide bonds. The number of nitrogens with one attached hydrogen (secondary N) is 1. The molecule has 0 bridgehead atoms. The number of rotatable bonds is 6. The van der Waals surface area contributed by atoms with Crippen molar-refractivity contribution in [3.05, 3.63) is 54.1 Å². The van der Waals surface area contributed by atoms with Crippen LogP contribution < -0.4 is 15.0 Å². The van der Waals surface area contributed by atoms with E-state index in [2.05, 4.69) is 5.32 Å². The minimum absolute atomic E-state index is 0.0164. The Labute approximate surface area is 154 Å². The van der Waals surface area contributed by atoms with Crippen molar-refractivity contribution in [3.63, 3.8) is 0 Å². The summed E-state index contributed by atoms with van der Waals surface area (Å²) in [6.45, 7) is 1.36. The van der Waals surface area contributed by atoms with E-state index in [0.717, 1.165) is 6.07 Å². The first-order chi connectivity index (χ1) is 12.7. The van der Waals surface area contributed by atoms with Gasteiger partial charge in [0.2, 0.25) is 11.8 Å². The zero-order valence-corrected chi connectivity index (χ0v) is 14.8. The fourth-order valence-electron chi connectivity index (χ4n) is 2.51. The highest BCUT2D eigenvalue weighted by Crippen LogP contribution is 2.34. The average Bonchev–Trinajstić information content (AvgIpc) is 2.61. The lowest BCUT2D eigenvalue weighted by Crippen LogP contribution is -2.32. The van der Waals surface area contributed by atoms with Crippen LogP contribution >= 0.6 is 0 Å². The summed E-state index contributed by atoms with van der Waals surface area (Å²) in [7, 11) is 1.49. The van der Waals surface area contributed by atoms with Crippen LogP contribution in [0.1, 0.15) is 18.9 Å². The molecule has 2 aromatic carbocycles. The van der Waals surface area contributed by atoms with Gasteiger partial charge < -0.3 is 15.0 Å². The Balaban J connectivity index is 2.08. The number of ether oxygens (including phenoxy) is 1. The van der Waals surface area contributed by atoms with E-state index in [4.69, 9.17) is 4.74 Å². The van der Waals surface area contributed by atoms with Gasteiger partial charge in [0.05, 0.1) is 18.4 Å². The van der Waals surface area contributed by atoms with Gasteiger partial charge in [0.25, 0.3) is 0 Å². The van der Waals surface area contributed by atoms with Crippen LogP contribution in [-0.4, -0.2) is 25.5 Å². The number of hydrogen-bond acceptors (Lipinski definition) is 3. The number of anilines is 2. The van der Waals surface area contributed by atoms with Crippen LogP contribution in [0.25, 0.3) is 0 Å². The Morgan fingerprint density at radius 3 is 2.44 bits per heavy atom. The summed E-state index contributed by atoms with van der Waals surface area (Å²) in [5.74, 6) is -0.380. The predicted molar refractivity (Wildman–Crippen MR) is 95.7 cm³/mol. The van der Waals surface area contributed by atoms with Crippen molar-refractivity contribution >= 4 is 23.2 Å². The molecule has 0 aliphatic rings. The number of amides is 2. The monoisotopic (exact) mass is 380 g/mol. The van der Waals surface area contributed by atoms with Crippen molar-refractivity contribution in [1.82, 2.24) is 0 Å². The predicted octanol–water partition coefficient (Wildman–Crippen LogP) is 4.10. The quantitative estimate of drug-likeness (QED) is 0.821. The second-order valence-electron chi connectivity index (χ2n) is 5.71. The van der Waals surface area contributed by atoms with Gasteiger partial charge in [-0.15, -0.1) is 0 Å². The summed E-state index contributed by atoms with van der Waals surface area (Å²) < 4.78 is 44.1. The van der Waals surface area contributed by atoms with Crippen LogP contribution in [0.2, 0.25) is 0 Å². The maximum absolute atomic E-state index is 13.0. The van der Waals surface area contributed by atoms with Gasteiger partial charge in [-0.3, -0.25) is 9.59 Å². The maximum atomic E-state index is 13.0. The molecule has 5 nitrogen and oxygen atoms in total. The van der Waals surface area contributed by atoms with Gasteiger partial charge in [0.15, 0.2) is 0 Å². The largest absolute Gasteiger partial charge is 0.497 e. The Morgan fingerprint density at radius 1 is 1.11 bits per heavy atom. The van der Waals surface area contributed by atoms with Gasteiger partial charge in [0, 0.05) is 31.6 Å². The second-order valence-corrected chi connectivity index (χ2v) is 5.71. The van der Waals surface area contributed by atoms with E-state index in [1.807, 2.05) is 0 Å². The number of para-hydroxylation sites is 1. The summed E-state index contributed by atoms with van der Waals surface area (Å²) in [6, 6.07) is 11.5. The summed E-state index contributed by atoms with van der Waals surface area (Å²) in [6.07, 6.45) is -4.74. The number of alkyl halides is 3. The zero-order chi connectivity index (χ0) is 20.0. The highest BCUT2D eigenvalue weighted by atomic mass is 19.4. The van der Waals surface area contributed by atoms with Crippen molar-refractivity contribution < 1.29 is 27.5 Å². The molecular formula is C19H19F3N2O3. The highest BCUT2D eigenvalue weighted by Gasteiger charge is 2.33. The molecule has 2 rings (SSSR count). The van der Waals surface area contributed by atoms with E-state index >= 15 is 0 Å². The van der Waals surface area contributed by atoms with E-state index in [0.29, 0.717) is 11.4 Å². The third-order valence-corrected chi connectivity index (χ3v) is 3.81. The first-order valence-electron chi connectivity index (χ1n) is 8.10. The van der Waals surface area contributed by atoms with Crippen molar-refractivity contribution in [3.8, 4) is 5.75 Å². The van der Waals surface area contributed by atoms with Gasteiger partial charge in [-0.25, -0.2) is 0 Å². The summed E-state index contributed by atoms with van der Waals surface area (Å²) in [5.41, 5.74) is -0.703. The molecular weight excluding hydrogens is 361 g/mol. The molecule has 0 atom stereocenters. The van der Waals surface area contributed by atoms with Crippen LogP contribution in [0.3, 0.4) is 0 Å². The van der Waals surface area contributed by atoms with Crippen molar-refractivity contribution in [2.24, 2.45) is 0 Å². The Kier molecular flexibility index (Phi) is 6.44. The van der Waals surface area contributed by atoms with E-state index in [-0.39, 0.29) is 24.6 Å². The SMILES string of the molecule is COc1cccc(N(CCC(=O)Nc2ccccc2C(F)(F)F)C(C)=O)c1. The number of halogens is 3. The third-order valence-electron chi connectivity index (χ3n) is 3.81. The maximum Gasteiger partial charge on any atom is 0.418 e. The second kappa shape index (κ2) is 8.57. The minimum Gasteiger partial charge on any atom is -0.497 e. The van der Waals surface area contributed by atoms with Crippen LogP contribution in [-0.2, 0) is 15.8 Å². The van der Waals surface area contributed by atoms with Gasteiger partial charge in [-0.05, 0) is 24.3 Å². The van der Waals surface area contributed by atoms with E-state index < -0.39 is 17.6 Å². The Hall–Kier alpha value is -3.03. The number of benzene rings is 2. The van der Waals surface area contributed by atoms with E-state index in [1.54, 1.807) is 24.3 Å². The molecule has 0 radical (unpaired) electrons. The number of hydrogen-bond donors (Lipinski definition) is 1. The van der Waals surface area contributed by atoms with Gasteiger partial charge >= 0.3 is 6.18 Å². The highest BCUT2D eigenvalue weighted by molar-refractivity contribution is 5.95. The fourth-order valence-corrected chi connectivity index (χ4v) is 2.51. The smallest absolute Gasteiger partial charge is 0.418 e. The molecule has 8 heteroatoms. The first kappa shape index (κ1) is 20.3. The molecule has 0 aromatic heterocycles. The first-order valence-corrected chi connectivity index (χ1v) is 8.10. The van der Waals surface area contributed by atoms with E-state index in [1.165, 1.54) is 37.1 Å². The molecule has 27 heavy (non-hydrogen) atoms. The number of methoxy groups -OCH3 is 1. The van der Waals surface area contributed by atoms with E-state index in [9.17, 15) is 22.8 Å². The lowest BCUT2D eigenvalue weighted by molar-refractivity contribution is -0.137. The molecule has 0 aliphatic carbocycles. The van der Waals surface area contributed by atoms with Crippen molar-refractivity contribution in [1.29, 1.82) is 0 Å². The zero-order valence-electron chi connectivity index (χ0n) is 14.8. The lowest BCUT2D eigenvalue weighted by Gasteiger charge is -2.21. The molecule has 0 saturated carbocycles. The minimum atomic E-state index is -4.57. The molecule has 1 N–H and O–H groups in total. The Bertz CT molecular complexity index is 822. The van der Waals surface area contributed by atoms with Crippen LogP contribution in [0.5, 0.6) is 5.75 Å². The molecule has 0 fully saturated rings. The topological polar surface area (TPSA) is 58.6 Å². The molecule has 0 spiro atoms. The van der Waals surface area contributed by atoms with Crippen LogP contribution in [0.4, 0.5) is 24.5 Å². The van der Waals surface area contributed by atoms with Gasteiger partial charge in [0.1, 0.15) is 5.75 Å². The summed E-state index contributed by atoms with van der Waals surface area (Å²) in [5, 5.41) is 2.26. The molecule has 0 heterocycles. The van der Waals surface area contributed by atoms with Gasteiger partial charge in [-0.2, -0.15) is 13.2 Å². The van der Waals surface area contributed by atoms with Crippen LogP contribution in [0.15, 0.2) is 48.5 Å². The summed E-state index contributed by atoms with van der Waals surface area (Å²) in [4.78, 5) is 25.4. The van der Waals surface area contributed by atoms with Crippen molar-refractivity contribution in [2.75, 3.05) is 23.9 Å².